The van der Waals surface area contributed by atoms with Crippen molar-refractivity contribution < 1.29 is 14.6 Å². The molecule has 0 aliphatic heterocycles. The molecule has 0 saturated carbocycles. The minimum absolute atomic E-state index is 0.301. The average Bonchev–Trinajstić information content (AvgIpc) is 2.64. The van der Waals surface area contributed by atoms with Crippen LogP contribution in [0.3, 0.4) is 0 Å². The van der Waals surface area contributed by atoms with E-state index in [1.165, 1.54) is 21.7 Å². The van der Waals surface area contributed by atoms with Crippen LogP contribution in [0.25, 0.3) is 21.7 Å². The van der Waals surface area contributed by atoms with E-state index in [0.717, 1.165) is 32.2 Å². The van der Waals surface area contributed by atoms with Crippen molar-refractivity contribution >= 4 is 27.6 Å². The topological polar surface area (TPSA) is 53.2 Å². The highest BCUT2D eigenvalue weighted by Crippen LogP contribution is 2.22. The number of amides is 1. The van der Waals surface area contributed by atoms with Gasteiger partial charge in [-0.05, 0) is 25.0 Å². The molecule has 124 valence electrons. The zero-order valence-corrected chi connectivity index (χ0v) is 13.7. The fraction of sp³-hybridized carbons (Fsp3) is 0.300. The molecule has 0 aliphatic rings. The van der Waals surface area contributed by atoms with Gasteiger partial charge in [0, 0.05) is 29.7 Å². The first-order valence-electron chi connectivity index (χ1n) is 8.52. The summed E-state index contributed by atoms with van der Waals surface area (Å²) in [7, 11) is 0. The third kappa shape index (κ3) is 3.71. The highest BCUT2D eigenvalue weighted by molar-refractivity contribution is 6.03. The van der Waals surface area contributed by atoms with Gasteiger partial charge < -0.3 is 0 Å². The third-order valence-electron chi connectivity index (χ3n) is 4.44. The number of nitrogens with zero attached hydrogens (tertiary/aromatic N) is 1. The van der Waals surface area contributed by atoms with Gasteiger partial charge in [0.2, 0.25) is 11.4 Å². The quantitative estimate of drug-likeness (QED) is 0.229. The highest BCUT2D eigenvalue weighted by Gasteiger charge is 2.12. The van der Waals surface area contributed by atoms with Crippen molar-refractivity contribution in [1.29, 1.82) is 0 Å². The van der Waals surface area contributed by atoms with E-state index in [4.69, 9.17) is 5.21 Å². The van der Waals surface area contributed by atoms with E-state index in [9.17, 15) is 4.79 Å². The Hall–Kier alpha value is -2.46. The maximum absolute atomic E-state index is 11.0. The predicted molar refractivity (Wildman–Crippen MR) is 94.7 cm³/mol. The summed E-state index contributed by atoms with van der Waals surface area (Å²) < 4.78 is 2.33. The number of unbranched alkanes of at least 4 members (excludes halogenated alkanes) is 3. The fourth-order valence-corrected chi connectivity index (χ4v) is 3.21. The SMILES string of the molecule is O=C(CCCCCC[n+]1cc2ccccc2c2ccccc21)NO. The number of hydroxylamine groups is 1. The summed E-state index contributed by atoms with van der Waals surface area (Å²) in [6, 6.07) is 17.0. The molecule has 3 rings (SSSR count). The standard InChI is InChI=1S/C20H22N2O2/c23-20(21-24)13-3-1-2-8-14-22-15-16-9-4-5-10-17(16)18-11-6-7-12-19(18)22/h4-7,9-12,15H,1-3,8,13-14H2,(H-,21,23,24)/p+1. The number of pyridine rings is 1. The Labute approximate surface area is 141 Å². The Morgan fingerprint density at radius 3 is 2.46 bits per heavy atom. The van der Waals surface area contributed by atoms with E-state index in [0.29, 0.717) is 6.42 Å². The van der Waals surface area contributed by atoms with E-state index >= 15 is 0 Å². The van der Waals surface area contributed by atoms with E-state index in [-0.39, 0.29) is 5.91 Å². The number of fused-ring (bicyclic) bond motifs is 3. The van der Waals surface area contributed by atoms with Gasteiger partial charge in [0.1, 0.15) is 6.54 Å². The number of benzene rings is 2. The summed E-state index contributed by atoms with van der Waals surface area (Å²) in [6.07, 6.45) is 6.59. The number of nitrogens with one attached hydrogen (secondary N) is 1. The Morgan fingerprint density at radius 2 is 1.62 bits per heavy atom. The van der Waals surface area contributed by atoms with Gasteiger partial charge in [-0.1, -0.05) is 36.8 Å². The van der Waals surface area contributed by atoms with Crippen molar-refractivity contribution in [3.8, 4) is 0 Å². The lowest BCUT2D eigenvalue weighted by Gasteiger charge is -2.05. The van der Waals surface area contributed by atoms with Gasteiger partial charge in [0.05, 0.1) is 5.39 Å². The van der Waals surface area contributed by atoms with Crippen LogP contribution in [-0.2, 0) is 11.3 Å². The summed E-state index contributed by atoms with van der Waals surface area (Å²) in [6.45, 7) is 0.970. The summed E-state index contributed by atoms with van der Waals surface area (Å²) in [4.78, 5) is 11.0. The zero-order chi connectivity index (χ0) is 16.8. The minimum atomic E-state index is -0.301. The zero-order valence-electron chi connectivity index (χ0n) is 13.7. The molecule has 1 aromatic heterocycles. The van der Waals surface area contributed by atoms with Crippen molar-refractivity contribution in [2.75, 3.05) is 0 Å². The lowest BCUT2D eigenvalue weighted by atomic mass is 10.1. The minimum Gasteiger partial charge on any atom is -0.289 e. The molecular formula is C20H23N2O2+. The number of para-hydroxylation sites is 1. The molecule has 1 amide bonds. The number of aryl methyl sites for hydroxylation is 1. The fourth-order valence-electron chi connectivity index (χ4n) is 3.21. The Kier molecular flexibility index (Phi) is 5.39. The maximum Gasteiger partial charge on any atom is 0.243 e. The van der Waals surface area contributed by atoms with Crippen molar-refractivity contribution in [1.82, 2.24) is 5.48 Å². The summed E-state index contributed by atoms with van der Waals surface area (Å²) in [5.74, 6) is -0.301. The number of aromatic nitrogens is 1. The molecule has 0 unspecified atom stereocenters. The predicted octanol–water partition coefficient (Wildman–Crippen LogP) is 3.74. The molecule has 0 radical (unpaired) electrons. The molecule has 0 bridgehead atoms. The second-order valence-electron chi connectivity index (χ2n) is 6.13. The van der Waals surface area contributed by atoms with Gasteiger partial charge in [-0.3, -0.25) is 10.0 Å². The van der Waals surface area contributed by atoms with E-state index in [2.05, 4.69) is 59.3 Å². The molecule has 0 saturated heterocycles. The van der Waals surface area contributed by atoms with Crippen molar-refractivity contribution in [2.45, 2.75) is 38.6 Å². The van der Waals surface area contributed by atoms with E-state index < -0.39 is 0 Å². The van der Waals surface area contributed by atoms with Crippen LogP contribution in [0.1, 0.15) is 32.1 Å². The first-order chi connectivity index (χ1) is 11.8. The van der Waals surface area contributed by atoms with Crippen molar-refractivity contribution in [3.05, 3.63) is 54.7 Å². The number of rotatable bonds is 7. The number of carbonyl (C=O) groups is 1. The molecule has 2 N–H and O–H groups in total. The first-order valence-corrected chi connectivity index (χ1v) is 8.52. The summed E-state index contributed by atoms with van der Waals surface area (Å²) in [5, 5.41) is 12.3. The largest absolute Gasteiger partial charge is 0.289 e. The van der Waals surface area contributed by atoms with Crippen molar-refractivity contribution in [2.24, 2.45) is 0 Å². The van der Waals surface area contributed by atoms with Crippen LogP contribution in [-0.4, -0.2) is 11.1 Å². The van der Waals surface area contributed by atoms with Crippen LogP contribution < -0.4 is 10.0 Å². The lowest BCUT2D eigenvalue weighted by Crippen LogP contribution is -2.34. The molecule has 4 nitrogen and oxygen atoms in total. The first kappa shape index (κ1) is 16.4. The van der Waals surface area contributed by atoms with E-state index in [1.807, 2.05) is 0 Å². The van der Waals surface area contributed by atoms with Crippen LogP contribution in [0.15, 0.2) is 54.7 Å². The summed E-state index contributed by atoms with van der Waals surface area (Å²) in [5.41, 5.74) is 2.94. The third-order valence-corrected chi connectivity index (χ3v) is 4.44. The molecule has 0 atom stereocenters. The molecule has 2 aromatic carbocycles. The molecule has 0 spiro atoms. The maximum atomic E-state index is 11.0. The van der Waals surface area contributed by atoms with Crippen molar-refractivity contribution in [3.63, 3.8) is 0 Å². The average molecular weight is 323 g/mol. The van der Waals surface area contributed by atoms with Crippen LogP contribution in [0.5, 0.6) is 0 Å². The number of hydrogen-bond acceptors (Lipinski definition) is 2. The normalized spacial score (nSPS) is 11.0. The lowest BCUT2D eigenvalue weighted by molar-refractivity contribution is -0.670. The van der Waals surface area contributed by atoms with Gasteiger partial charge >= 0.3 is 0 Å². The molecule has 4 heteroatoms. The molecule has 0 aliphatic carbocycles. The van der Waals surface area contributed by atoms with Crippen LogP contribution in [0.2, 0.25) is 0 Å². The molecule has 24 heavy (non-hydrogen) atoms. The van der Waals surface area contributed by atoms with Crippen LogP contribution in [0, 0.1) is 0 Å². The Bertz CT molecular complexity index is 845. The van der Waals surface area contributed by atoms with Gasteiger partial charge in [-0.2, -0.15) is 4.57 Å². The molecule has 3 aromatic rings. The Balaban J connectivity index is 1.69. The van der Waals surface area contributed by atoms with Crippen LogP contribution >= 0.6 is 0 Å². The van der Waals surface area contributed by atoms with E-state index in [1.54, 1.807) is 5.48 Å². The number of hydrogen-bond donors (Lipinski definition) is 2. The second-order valence-corrected chi connectivity index (χ2v) is 6.13. The van der Waals surface area contributed by atoms with Crippen LogP contribution in [0.4, 0.5) is 0 Å². The van der Waals surface area contributed by atoms with Gasteiger partial charge in [-0.15, -0.1) is 0 Å². The summed E-state index contributed by atoms with van der Waals surface area (Å²) >= 11 is 0. The monoisotopic (exact) mass is 323 g/mol. The molecule has 1 heterocycles. The smallest absolute Gasteiger partial charge is 0.243 e. The second kappa shape index (κ2) is 7.88. The van der Waals surface area contributed by atoms with Gasteiger partial charge in [0.25, 0.3) is 0 Å². The number of carbonyl (C=O) groups excluding carboxylic acids is 1. The Morgan fingerprint density at radius 1 is 0.917 bits per heavy atom. The molecular weight excluding hydrogens is 300 g/mol. The van der Waals surface area contributed by atoms with Gasteiger partial charge in [-0.25, -0.2) is 5.48 Å². The highest BCUT2D eigenvalue weighted by atomic mass is 16.5. The molecule has 0 fully saturated rings. The van der Waals surface area contributed by atoms with Gasteiger partial charge in [0.15, 0.2) is 6.20 Å².